The molecule has 94 valence electrons. The highest BCUT2D eigenvalue weighted by atomic mass is 32.2. The summed E-state index contributed by atoms with van der Waals surface area (Å²) in [5.41, 5.74) is 0.223. The Morgan fingerprint density at radius 3 is 2.53 bits per heavy atom. The Balaban J connectivity index is 3.04. The van der Waals surface area contributed by atoms with Gasteiger partial charge in [-0.05, 0) is 18.6 Å². The van der Waals surface area contributed by atoms with Gasteiger partial charge in [-0.15, -0.1) is 0 Å². The molecule has 0 bridgehead atoms. The van der Waals surface area contributed by atoms with Crippen LogP contribution < -0.4 is 10.5 Å². The molecule has 0 spiro atoms. The van der Waals surface area contributed by atoms with Gasteiger partial charge in [-0.2, -0.15) is 0 Å². The Morgan fingerprint density at radius 1 is 1.41 bits per heavy atom. The zero-order valence-electron chi connectivity index (χ0n) is 9.80. The molecule has 0 aliphatic heterocycles. The van der Waals surface area contributed by atoms with E-state index in [1.807, 2.05) is 6.92 Å². The number of hydrogen-bond acceptors (Lipinski definition) is 3. The van der Waals surface area contributed by atoms with Crippen molar-refractivity contribution in [3.05, 3.63) is 24.3 Å². The maximum Gasteiger partial charge on any atom is 0.240 e. The number of carbonyl (C=O) groups is 1. The minimum absolute atomic E-state index is 0.0725. The van der Waals surface area contributed by atoms with Crippen molar-refractivity contribution < 1.29 is 13.2 Å². The molecule has 0 radical (unpaired) electrons. The number of amides is 1. The third-order valence-electron chi connectivity index (χ3n) is 2.51. The highest BCUT2D eigenvalue weighted by molar-refractivity contribution is 7.89. The SMILES string of the molecule is CCC(C)C(=O)Nc1ccccc1S(N)(=O)=O. The van der Waals surface area contributed by atoms with Gasteiger partial charge in [0.05, 0.1) is 5.69 Å². The van der Waals surface area contributed by atoms with Crippen LogP contribution in [0, 0.1) is 5.92 Å². The molecular weight excluding hydrogens is 240 g/mol. The second-order valence-corrected chi connectivity index (χ2v) is 5.37. The lowest BCUT2D eigenvalue weighted by Crippen LogP contribution is -2.22. The van der Waals surface area contributed by atoms with Crippen LogP contribution in [0.4, 0.5) is 5.69 Å². The van der Waals surface area contributed by atoms with Gasteiger partial charge in [0.25, 0.3) is 0 Å². The van der Waals surface area contributed by atoms with Crippen LogP contribution in [0.1, 0.15) is 20.3 Å². The van der Waals surface area contributed by atoms with Crippen LogP contribution in [0.3, 0.4) is 0 Å². The van der Waals surface area contributed by atoms with Crippen LogP contribution in [0.5, 0.6) is 0 Å². The standard InChI is InChI=1S/C11H16N2O3S/c1-3-8(2)11(14)13-9-6-4-5-7-10(9)17(12,15)16/h4-8H,3H2,1-2H3,(H,13,14)(H2,12,15,16). The van der Waals surface area contributed by atoms with Gasteiger partial charge in [0.15, 0.2) is 0 Å². The fourth-order valence-electron chi connectivity index (χ4n) is 1.26. The Labute approximate surface area is 101 Å². The third kappa shape index (κ3) is 3.54. The number of benzene rings is 1. The Bertz CT molecular complexity index is 511. The molecular formula is C11H16N2O3S. The maximum atomic E-state index is 11.7. The van der Waals surface area contributed by atoms with E-state index in [0.717, 1.165) is 0 Å². The van der Waals surface area contributed by atoms with E-state index < -0.39 is 10.0 Å². The lowest BCUT2D eigenvalue weighted by atomic mass is 10.1. The van der Waals surface area contributed by atoms with Crippen molar-refractivity contribution in [1.82, 2.24) is 0 Å². The summed E-state index contributed by atoms with van der Waals surface area (Å²) in [6.45, 7) is 3.66. The van der Waals surface area contributed by atoms with Gasteiger partial charge < -0.3 is 5.32 Å². The average Bonchev–Trinajstić information content (AvgIpc) is 2.27. The molecule has 1 amide bonds. The first kappa shape index (κ1) is 13.7. The van der Waals surface area contributed by atoms with Gasteiger partial charge >= 0.3 is 0 Å². The first-order valence-corrected chi connectivity index (χ1v) is 6.83. The second kappa shape index (κ2) is 5.29. The third-order valence-corrected chi connectivity index (χ3v) is 3.48. The van der Waals surface area contributed by atoms with E-state index in [0.29, 0.717) is 6.42 Å². The van der Waals surface area contributed by atoms with Crippen molar-refractivity contribution in [1.29, 1.82) is 0 Å². The van der Waals surface area contributed by atoms with Gasteiger partial charge in [-0.25, -0.2) is 13.6 Å². The van der Waals surface area contributed by atoms with E-state index >= 15 is 0 Å². The number of primary sulfonamides is 1. The van der Waals surface area contributed by atoms with E-state index in [1.54, 1.807) is 19.1 Å². The van der Waals surface area contributed by atoms with Crippen molar-refractivity contribution >= 4 is 21.6 Å². The molecule has 0 aliphatic carbocycles. The Kier molecular flexibility index (Phi) is 4.25. The highest BCUT2D eigenvalue weighted by Gasteiger charge is 2.17. The molecule has 1 atom stereocenters. The molecule has 6 heteroatoms. The smallest absolute Gasteiger partial charge is 0.240 e. The zero-order valence-corrected chi connectivity index (χ0v) is 10.6. The van der Waals surface area contributed by atoms with Gasteiger partial charge in [0, 0.05) is 5.92 Å². The van der Waals surface area contributed by atoms with Gasteiger partial charge in [0.2, 0.25) is 15.9 Å². The topological polar surface area (TPSA) is 89.3 Å². The van der Waals surface area contributed by atoms with Crippen molar-refractivity contribution in [2.45, 2.75) is 25.2 Å². The molecule has 0 saturated carbocycles. The molecule has 1 aromatic carbocycles. The van der Waals surface area contributed by atoms with Crippen molar-refractivity contribution in [2.24, 2.45) is 11.1 Å². The fraction of sp³-hybridized carbons (Fsp3) is 0.364. The van der Waals surface area contributed by atoms with E-state index in [1.165, 1.54) is 12.1 Å². The lowest BCUT2D eigenvalue weighted by Gasteiger charge is -2.12. The summed E-state index contributed by atoms with van der Waals surface area (Å²) in [4.78, 5) is 11.6. The summed E-state index contributed by atoms with van der Waals surface area (Å²) in [5.74, 6) is -0.396. The summed E-state index contributed by atoms with van der Waals surface area (Å²) in [5, 5.41) is 7.63. The summed E-state index contributed by atoms with van der Waals surface area (Å²) < 4.78 is 22.6. The first-order valence-electron chi connectivity index (χ1n) is 5.29. The first-order chi connectivity index (χ1) is 7.86. The molecule has 5 nitrogen and oxygen atoms in total. The van der Waals surface area contributed by atoms with Crippen LogP contribution in [-0.2, 0) is 14.8 Å². The predicted octanol–water partition coefficient (Wildman–Crippen LogP) is 1.32. The lowest BCUT2D eigenvalue weighted by molar-refractivity contribution is -0.119. The van der Waals surface area contributed by atoms with E-state index in [9.17, 15) is 13.2 Å². The molecule has 1 rings (SSSR count). The quantitative estimate of drug-likeness (QED) is 0.851. The number of rotatable bonds is 4. The highest BCUT2D eigenvalue weighted by Crippen LogP contribution is 2.20. The second-order valence-electron chi connectivity index (χ2n) is 3.84. The van der Waals surface area contributed by atoms with Gasteiger partial charge in [-0.3, -0.25) is 4.79 Å². The molecule has 1 unspecified atom stereocenters. The van der Waals surface area contributed by atoms with Crippen LogP contribution in [0.25, 0.3) is 0 Å². The van der Waals surface area contributed by atoms with Gasteiger partial charge in [0.1, 0.15) is 4.90 Å². The number of anilines is 1. The maximum absolute atomic E-state index is 11.7. The van der Waals surface area contributed by atoms with Crippen molar-refractivity contribution in [2.75, 3.05) is 5.32 Å². The molecule has 17 heavy (non-hydrogen) atoms. The molecule has 0 fully saturated rings. The largest absolute Gasteiger partial charge is 0.325 e. The number of hydrogen-bond donors (Lipinski definition) is 2. The number of carbonyl (C=O) groups excluding carboxylic acids is 1. The van der Waals surface area contributed by atoms with Crippen LogP contribution >= 0.6 is 0 Å². The number of nitrogens with one attached hydrogen (secondary N) is 1. The minimum Gasteiger partial charge on any atom is -0.325 e. The normalized spacial score (nSPS) is 13.1. The molecule has 0 saturated heterocycles. The van der Waals surface area contributed by atoms with E-state index in [4.69, 9.17) is 5.14 Å². The number of para-hydroxylation sites is 1. The predicted molar refractivity (Wildman–Crippen MR) is 65.9 cm³/mol. The van der Waals surface area contributed by atoms with Crippen molar-refractivity contribution in [3.63, 3.8) is 0 Å². The molecule has 3 N–H and O–H groups in total. The number of sulfonamides is 1. The number of nitrogens with two attached hydrogens (primary N) is 1. The minimum atomic E-state index is -3.83. The Hall–Kier alpha value is -1.40. The van der Waals surface area contributed by atoms with Crippen LogP contribution in [-0.4, -0.2) is 14.3 Å². The molecule has 1 aromatic rings. The van der Waals surface area contributed by atoms with E-state index in [2.05, 4.69) is 5.32 Å². The summed E-state index contributed by atoms with van der Waals surface area (Å²) in [6.07, 6.45) is 0.684. The van der Waals surface area contributed by atoms with E-state index in [-0.39, 0.29) is 22.4 Å². The Morgan fingerprint density at radius 2 is 2.00 bits per heavy atom. The monoisotopic (exact) mass is 256 g/mol. The van der Waals surface area contributed by atoms with Gasteiger partial charge in [-0.1, -0.05) is 26.0 Å². The molecule has 0 aromatic heterocycles. The van der Waals surface area contributed by atoms with Crippen LogP contribution in [0.15, 0.2) is 29.2 Å². The van der Waals surface area contributed by atoms with Crippen LogP contribution in [0.2, 0.25) is 0 Å². The summed E-state index contributed by atoms with van der Waals surface area (Å²) >= 11 is 0. The zero-order chi connectivity index (χ0) is 13.1. The summed E-state index contributed by atoms with van der Waals surface area (Å²) in [6, 6.07) is 6.07. The molecule has 0 aliphatic rings. The fourth-order valence-corrected chi connectivity index (χ4v) is 1.95. The summed E-state index contributed by atoms with van der Waals surface area (Å²) in [7, 11) is -3.83. The average molecular weight is 256 g/mol. The van der Waals surface area contributed by atoms with Crippen molar-refractivity contribution in [3.8, 4) is 0 Å². The molecule has 0 heterocycles.